The van der Waals surface area contributed by atoms with Crippen LogP contribution >= 0.6 is 0 Å². The minimum Gasteiger partial charge on any atom is -0.346 e. The predicted octanol–water partition coefficient (Wildman–Crippen LogP) is 1.26. The largest absolute Gasteiger partial charge is 0.346 e. The predicted molar refractivity (Wildman–Crippen MR) is 55.2 cm³/mol. The monoisotopic (exact) mass is 195 g/mol. The normalized spacial score (nSPS) is 11.5. The van der Waals surface area contributed by atoms with Crippen LogP contribution in [-0.2, 0) is 7.05 Å². The fourth-order valence-electron chi connectivity index (χ4n) is 1.08. The Balaban J connectivity index is 2.80. The standard InChI is InChI=1S/C10H17N3O/c1-7-6-8(12-13(7)5)9(14)11-10(2,3)4/h6H,1-5H3,(H,11,14). The number of aryl methyl sites for hydroxylation is 2. The topological polar surface area (TPSA) is 46.9 Å². The van der Waals surface area contributed by atoms with Crippen molar-refractivity contribution in [1.29, 1.82) is 0 Å². The van der Waals surface area contributed by atoms with Gasteiger partial charge in [-0.15, -0.1) is 0 Å². The molecular formula is C10H17N3O. The van der Waals surface area contributed by atoms with Crippen molar-refractivity contribution in [3.8, 4) is 0 Å². The lowest BCUT2D eigenvalue weighted by atomic mass is 10.1. The Hall–Kier alpha value is -1.32. The van der Waals surface area contributed by atoms with Crippen LogP contribution in [0.15, 0.2) is 6.07 Å². The summed E-state index contributed by atoms with van der Waals surface area (Å²) in [5.74, 6) is -0.124. The molecule has 1 amide bonds. The zero-order valence-corrected chi connectivity index (χ0v) is 9.38. The molecule has 1 aromatic rings. The molecule has 4 nitrogen and oxygen atoms in total. The highest BCUT2D eigenvalue weighted by atomic mass is 16.2. The maximum absolute atomic E-state index is 11.6. The molecule has 1 N–H and O–H groups in total. The third-order valence-corrected chi connectivity index (χ3v) is 1.83. The van der Waals surface area contributed by atoms with Crippen molar-refractivity contribution in [3.63, 3.8) is 0 Å². The van der Waals surface area contributed by atoms with Crippen molar-refractivity contribution in [2.24, 2.45) is 7.05 Å². The lowest BCUT2D eigenvalue weighted by molar-refractivity contribution is 0.0913. The summed E-state index contributed by atoms with van der Waals surface area (Å²) in [5.41, 5.74) is 1.23. The number of carbonyl (C=O) groups excluding carboxylic acids is 1. The number of aromatic nitrogens is 2. The fourth-order valence-corrected chi connectivity index (χ4v) is 1.08. The molecule has 14 heavy (non-hydrogen) atoms. The van der Waals surface area contributed by atoms with E-state index in [1.165, 1.54) is 0 Å². The molecule has 1 aromatic heterocycles. The highest BCUT2D eigenvalue weighted by Gasteiger charge is 2.17. The third kappa shape index (κ3) is 2.58. The Labute approximate surface area is 84.3 Å². The van der Waals surface area contributed by atoms with E-state index in [-0.39, 0.29) is 11.4 Å². The van der Waals surface area contributed by atoms with Gasteiger partial charge in [0.25, 0.3) is 5.91 Å². The highest BCUT2D eigenvalue weighted by molar-refractivity contribution is 5.92. The second-order valence-electron chi connectivity index (χ2n) is 4.50. The summed E-state index contributed by atoms with van der Waals surface area (Å²) in [6, 6.07) is 1.78. The molecule has 0 aliphatic carbocycles. The molecule has 0 aliphatic heterocycles. The smallest absolute Gasteiger partial charge is 0.272 e. The maximum atomic E-state index is 11.6. The van der Waals surface area contributed by atoms with Crippen molar-refractivity contribution >= 4 is 5.91 Å². The molecule has 0 spiro atoms. The van der Waals surface area contributed by atoms with E-state index in [9.17, 15) is 4.79 Å². The second-order valence-corrected chi connectivity index (χ2v) is 4.50. The third-order valence-electron chi connectivity index (χ3n) is 1.83. The molecule has 0 unspecified atom stereocenters. The van der Waals surface area contributed by atoms with E-state index < -0.39 is 0 Å². The first kappa shape index (κ1) is 10.8. The number of rotatable bonds is 1. The van der Waals surface area contributed by atoms with Gasteiger partial charge in [0.1, 0.15) is 5.69 Å². The summed E-state index contributed by atoms with van der Waals surface area (Å²) in [6.07, 6.45) is 0. The van der Waals surface area contributed by atoms with E-state index in [2.05, 4.69) is 10.4 Å². The number of hydrogen-bond donors (Lipinski definition) is 1. The molecule has 0 bridgehead atoms. The van der Waals surface area contributed by atoms with Crippen LogP contribution in [0.3, 0.4) is 0 Å². The molecule has 1 heterocycles. The van der Waals surface area contributed by atoms with Gasteiger partial charge >= 0.3 is 0 Å². The molecule has 0 aliphatic rings. The van der Waals surface area contributed by atoms with Gasteiger partial charge in [-0.3, -0.25) is 9.48 Å². The van der Waals surface area contributed by atoms with Gasteiger partial charge in [0.05, 0.1) is 0 Å². The van der Waals surface area contributed by atoms with Crippen molar-refractivity contribution in [2.75, 3.05) is 0 Å². The summed E-state index contributed by atoms with van der Waals surface area (Å²) < 4.78 is 1.69. The van der Waals surface area contributed by atoms with Crippen LogP contribution in [0.4, 0.5) is 0 Å². The van der Waals surface area contributed by atoms with Crippen molar-refractivity contribution in [2.45, 2.75) is 33.2 Å². The van der Waals surface area contributed by atoms with Crippen LogP contribution in [0.2, 0.25) is 0 Å². The fraction of sp³-hybridized carbons (Fsp3) is 0.600. The Morgan fingerprint density at radius 3 is 2.43 bits per heavy atom. The van der Waals surface area contributed by atoms with Gasteiger partial charge in [0.15, 0.2) is 0 Å². The molecule has 0 aromatic carbocycles. The van der Waals surface area contributed by atoms with E-state index in [1.807, 2.05) is 34.7 Å². The first-order chi connectivity index (χ1) is 6.29. The molecule has 0 saturated carbocycles. The van der Waals surface area contributed by atoms with E-state index in [0.29, 0.717) is 5.69 Å². The first-order valence-corrected chi connectivity index (χ1v) is 4.63. The van der Waals surface area contributed by atoms with Gasteiger partial charge in [0.2, 0.25) is 0 Å². The van der Waals surface area contributed by atoms with Crippen LogP contribution < -0.4 is 5.32 Å². The Morgan fingerprint density at radius 1 is 1.50 bits per heavy atom. The maximum Gasteiger partial charge on any atom is 0.272 e. The van der Waals surface area contributed by atoms with Gasteiger partial charge in [-0.25, -0.2) is 0 Å². The van der Waals surface area contributed by atoms with Crippen LogP contribution in [0.1, 0.15) is 37.0 Å². The highest BCUT2D eigenvalue weighted by Crippen LogP contribution is 2.04. The molecule has 1 rings (SSSR count). The summed E-state index contributed by atoms with van der Waals surface area (Å²) in [7, 11) is 1.82. The summed E-state index contributed by atoms with van der Waals surface area (Å²) in [5, 5.41) is 6.96. The van der Waals surface area contributed by atoms with E-state index in [0.717, 1.165) is 5.69 Å². The van der Waals surface area contributed by atoms with E-state index in [4.69, 9.17) is 0 Å². The van der Waals surface area contributed by atoms with Crippen molar-refractivity contribution in [1.82, 2.24) is 15.1 Å². The van der Waals surface area contributed by atoms with E-state index >= 15 is 0 Å². The SMILES string of the molecule is Cc1cc(C(=O)NC(C)(C)C)nn1C. The average molecular weight is 195 g/mol. The lowest BCUT2D eigenvalue weighted by Gasteiger charge is -2.19. The number of carbonyl (C=O) groups is 1. The van der Waals surface area contributed by atoms with Gasteiger partial charge < -0.3 is 5.32 Å². The second kappa shape index (κ2) is 3.44. The summed E-state index contributed by atoms with van der Waals surface area (Å²) in [4.78, 5) is 11.6. The van der Waals surface area contributed by atoms with Crippen LogP contribution in [0.25, 0.3) is 0 Å². The first-order valence-electron chi connectivity index (χ1n) is 4.63. The minimum absolute atomic E-state index is 0.124. The molecule has 0 radical (unpaired) electrons. The number of amides is 1. The molecule has 78 valence electrons. The molecule has 0 fully saturated rings. The Bertz CT molecular complexity index is 327. The van der Waals surface area contributed by atoms with Gasteiger partial charge in [-0.05, 0) is 33.8 Å². The van der Waals surface area contributed by atoms with Crippen LogP contribution in [0, 0.1) is 6.92 Å². The zero-order valence-electron chi connectivity index (χ0n) is 9.38. The zero-order chi connectivity index (χ0) is 10.9. The molecule has 0 atom stereocenters. The van der Waals surface area contributed by atoms with Gasteiger partial charge in [-0.2, -0.15) is 5.10 Å². The van der Waals surface area contributed by atoms with Crippen LogP contribution in [0.5, 0.6) is 0 Å². The Morgan fingerprint density at radius 2 is 2.07 bits per heavy atom. The quantitative estimate of drug-likeness (QED) is 0.733. The van der Waals surface area contributed by atoms with Gasteiger partial charge in [-0.1, -0.05) is 0 Å². The minimum atomic E-state index is -0.220. The van der Waals surface area contributed by atoms with Crippen molar-refractivity contribution in [3.05, 3.63) is 17.5 Å². The average Bonchev–Trinajstić information content (AvgIpc) is 2.28. The summed E-state index contributed by atoms with van der Waals surface area (Å²) >= 11 is 0. The number of hydrogen-bond acceptors (Lipinski definition) is 2. The molecule has 4 heteroatoms. The molecule has 0 saturated heterocycles. The molecular weight excluding hydrogens is 178 g/mol. The lowest BCUT2D eigenvalue weighted by Crippen LogP contribution is -2.40. The Kier molecular flexibility index (Phi) is 2.64. The number of nitrogens with one attached hydrogen (secondary N) is 1. The summed E-state index contributed by atoms with van der Waals surface area (Å²) in [6.45, 7) is 7.75. The van der Waals surface area contributed by atoms with E-state index in [1.54, 1.807) is 10.7 Å². The van der Waals surface area contributed by atoms with Crippen molar-refractivity contribution < 1.29 is 4.79 Å². The van der Waals surface area contributed by atoms with Gasteiger partial charge in [0, 0.05) is 18.3 Å². The van der Waals surface area contributed by atoms with Crippen LogP contribution in [-0.4, -0.2) is 21.2 Å². The number of nitrogens with zero attached hydrogens (tertiary/aromatic N) is 2.